The second-order valence-electron chi connectivity index (χ2n) is 4.39. The number of hydrogen-bond acceptors (Lipinski definition) is 3. The maximum Gasteiger partial charge on any atom is 0.235 e. The van der Waals surface area contributed by atoms with Crippen LogP contribution in [0.3, 0.4) is 0 Å². The van der Waals surface area contributed by atoms with Gasteiger partial charge in [-0.3, -0.25) is 4.79 Å². The van der Waals surface area contributed by atoms with Crippen molar-refractivity contribution in [3.63, 3.8) is 0 Å². The van der Waals surface area contributed by atoms with Crippen LogP contribution in [0, 0.1) is 0 Å². The van der Waals surface area contributed by atoms with Crippen LogP contribution in [0.4, 0.5) is 0 Å². The maximum atomic E-state index is 11.2. The Bertz CT molecular complexity index is 183. The predicted octanol–water partition coefficient (Wildman–Crippen LogP) is 0.570. The molecule has 3 N–H and O–H groups in total. The van der Waals surface area contributed by atoms with Crippen LogP contribution in [0.5, 0.6) is 0 Å². The number of carbonyl (C=O) groups excluding carboxylic acids is 1. The molecule has 0 radical (unpaired) electrons. The van der Waals surface area contributed by atoms with E-state index in [9.17, 15) is 4.79 Å². The molecule has 0 fully saturated rings. The minimum atomic E-state index is -0.271. The normalized spacial score (nSPS) is 13.5. The first-order valence-electron chi connectivity index (χ1n) is 5.71. The zero-order valence-corrected chi connectivity index (χ0v) is 10.4. The van der Waals surface area contributed by atoms with Gasteiger partial charge >= 0.3 is 0 Å². The van der Waals surface area contributed by atoms with Gasteiger partial charge in [-0.05, 0) is 20.0 Å². The maximum absolute atomic E-state index is 11.2. The molecule has 15 heavy (non-hydrogen) atoms. The highest BCUT2D eigenvalue weighted by Crippen LogP contribution is 1.95. The lowest BCUT2D eigenvalue weighted by molar-refractivity contribution is -0.120. The van der Waals surface area contributed by atoms with Crippen LogP contribution in [0.15, 0.2) is 0 Å². The van der Waals surface area contributed by atoms with Gasteiger partial charge in [0.2, 0.25) is 5.91 Å². The summed E-state index contributed by atoms with van der Waals surface area (Å²) in [7, 11) is 2.02. The van der Waals surface area contributed by atoms with Crippen LogP contribution in [0.25, 0.3) is 0 Å². The number of likely N-dealkylation sites (N-methyl/N-ethyl adjacent to an activating group) is 1. The molecule has 4 nitrogen and oxygen atoms in total. The molecule has 0 aromatic carbocycles. The fourth-order valence-corrected chi connectivity index (χ4v) is 1.46. The largest absolute Gasteiger partial charge is 0.368 e. The van der Waals surface area contributed by atoms with Crippen molar-refractivity contribution in [2.45, 2.75) is 45.7 Å². The molecule has 1 unspecified atom stereocenters. The number of nitrogens with zero attached hydrogens (tertiary/aromatic N) is 1. The van der Waals surface area contributed by atoms with Crippen molar-refractivity contribution in [1.82, 2.24) is 10.2 Å². The summed E-state index contributed by atoms with van der Waals surface area (Å²) in [5.74, 6) is -0.271. The van der Waals surface area contributed by atoms with E-state index in [-0.39, 0.29) is 18.0 Å². The van der Waals surface area contributed by atoms with Crippen LogP contribution < -0.4 is 11.1 Å². The molecule has 0 saturated carbocycles. The van der Waals surface area contributed by atoms with Crippen LogP contribution in [-0.2, 0) is 4.79 Å². The Morgan fingerprint density at radius 3 is 2.47 bits per heavy atom. The average molecular weight is 215 g/mol. The summed E-state index contributed by atoms with van der Waals surface area (Å²) in [5, 5.41) is 3.17. The number of nitrogens with one attached hydrogen (secondary N) is 1. The molecule has 1 atom stereocenters. The van der Waals surface area contributed by atoms with Gasteiger partial charge in [0.05, 0.1) is 6.04 Å². The Kier molecular flexibility index (Phi) is 7.34. The third-order valence-corrected chi connectivity index (χ3v) is 2.27. The van der Waals surface area contributed by atoms with Gasteiger partial charge < -0.3 is 16.0 Å². The van der Waals surface area contributed by atoms with Crippen molar-refractivity contribution in [2.75, 3.05) is 20.1 Å². The van der Waals surface area contributed by atoms with Crippen molar-refractivity contribution in [3.05, 3.63) is 0 Å². The number of nitrogens with two attached hydrogens (primary N) is 1. The van der Waals surface area contributed by atoms with Gasteiger partial charge in [-0.1, -0.05) is 27.2 Å². The zero-order chi connectivity index (χ0) is 11.8. The van der Waals surface area contributed by atoms with Gasteiger partial charge in [-0.25, -0.2) is 0 Å². The number of amides is 1. The van der Waals surface area contributed by atoms with E-state index in [2.05, 4.69) is 17.1 Å². The van der Waals surface area contributed by atoms with Crippen molar-refractivity contribution in [2.24, 2.45) is 5.73 Å². The van der Waals surface area contributed by atoms with Crippen molar-refractivity contribution in [1.29, 1.82) is 0 Å². The van der Waals surface area contributed by atoms with E-state index in [1.165, 1.54) is 6.42 Å². The summed E-state index contributed by atoms with van der Waals surface area (Å²) in [6.45, 7) is 7.89. The first-order valence-corrected chi connectivity index (χ1v) is 5.71. The van der Waals surface area contributed by atoms with Gasteiger partial charge in [-0.15, -0.1) is 0 Å². The molecule has 0 bridgehead atoms. The van der Waals surface area contributed by atoms with Gasteiger partial charge in [-0.2, -0.15) is 0 Å². The van der Waals surface area contributed by atoms with Crippen molar-refractivity contribution >= 4 is 5.91 Å². The second-order valence-corrected chi connectivity index (χ2v) is 4.39. The van der Waals surface area contributed by atoms with Gasteiger partial charge in [0, 0.05) is 12.6 Å². The van der Waals surface area contributed by atoms with Crippen LogP contribution in [0.1, 0.15) is 33.6 Å². The molecule has 0 aliphatic carbocycles. The number of hydrogen-bond donors (Lipinski definition) is 2. The highest BCUT2D eigenvalue weighted by molar-refractivity contribution is 5.80. The lowest BCUT2D eigenvalue weighted by Gasteiger charge is -2.24. The predicted molar refractivity (Wildman–Crippen MR) is 63.7 cm³/mol. The topological polar surface area (TPSA) is 58.4 Å². The summed E-state index contributed by atoms with van der Waals surface area (Å²) >= 11 is 0. The third kappa shape index (κ3) is 7.33. The minimum Gasteiger partial charge on any atom is -0.368 e. The SMILES string of the molecule is CCCCN(C)CC(NC(C)C)C(N)=O. The Labute approximate surface area is 93.2 Å². The zero-order valence-electron chi connectivity index (χ0n) is 10.4. The first kappa shape index (κ1) is 14.4. The van der Waals surface area contributed by atoms with E-state index in [0.29, 0.717) is 6.54 Å². The molecule has 4 heteroatoms. The molecular formula is C11H25N3O. The number of primary amides is 1. The fourth-order valence-electron chi connectivity index (χ4n) is 1.46. The Hall–Kier alpha value is -0.610. The van der Waals surface area contributed by atoms with E-state index in [1.807, 2.05) is 20.9 Å². The van der Waals surface area contributed by atoms with Crippen molar-refractivity contribution in [3.8, 4) is 0 Å². The van der Waals surface area contributed by atoms with Crippen LogP contribution in [-0.4, -0.2) is 43.0 Å². The monoisotopic (exact) mass is 215 g/mol. The Morgan fingerprint density at radius 1 is 1.47 bits per heavy atom. The van der Waals surface area contributed by atoms with Gasteiger partial charge in [0.15, 0.2) is 0 Å². The second kappa shape index (κ2) is 7.65. The van der Waals surface area contributed by atoms with E-state index < -0.39 is 0 Å². The summed E-state index contributed by atoms with van der Waals surface area (Å²) < 4.78 is 0. The molecule has 0 aliphatic rings. The molecule has 0 aromatic rings. The highest BCUT2D eigenvalue weighted by atomic mass is 16.1. The average Bonchev–Trinajstić information content (AvgIpc) is 2.12. The standard InChI is InChI=1S/C11H25N3O/c1-5-6-7-14(4)8-10(11(12)15)13-9(2)3/h9-10,13H,5-8H2,1-4H3,(H2,12,15). The van der Waals surface area contributed by atoms with Crippen LogP contribution in [0.2, 0.25) is 0 Å². The molecule has 0 rings (SSSR count). The molecule has 90 valence electrons. The van der Waals surface area contributed by atoms with Gasteiger partial charge in [0.1, 0.15) is 0 Å². The number of unbranched alkanes of at least 4 members (excludes halogenated alkanes) is 1. The molecule has 0 heterocycles. The van der Waals surface area contributed by atoms with E-state index >= 15 is 0 Å². The molecule has 0 saturated heterocycles. The van der Waals surface area contributed by atoms with E-state index in [4.69, 9.17) is 5.73 Å². The Balaban J connectivity index is 3.98. The van der Waals surface area contributed by atoms with E-state index in [0.717, 1.165) is 13.0 Å². The lowest BCUT2D eigenvalue weighted by Crippen LogP contribution is -2.50. The summed E-state index contributed by atoms with van der Waals surface area (Å²) in [5.41, 5.74) is 5.33. The molecule has 0 aliphatic heterocycles. The fraction of sp³-hybridized carbons (Fsp3) is 0.909. The lowest BCUT2D eigenvalue weighted by atomic mass is 10.2. The highest BCUT2D eigenvalue weighted by Gasteiger charge is 2.17. The molecule has 0 spiro atoms. The summed E-state index contributed by atoms with van der Waals surface area (Å²) in [6.07, 6.45) is 2.33. The smallest absolute Gasteiger partial charge is 0.235 e. The minimum absolute atomic E-state index is 0.244. The summed E-state index contributed by atoms with van der Waals surface area (Å²) in [6, 6.07) is 0.0360. The quantitative estimate of drug-likeness (QED) is 0.622. The molecule has 0 aromatic heterocycles. The summed E-state index contributed by atoms with van der Waals surface area (Å²) in [4.78, 5) is 13.3. The van der Waals surface area contributed by atoms with Crippen molar-refractivity contribution < 1.29 is 4.79 Å². The molecule has 1 amide bonds. The van der Waals surface area contributed by atoms with Gasteiger partial charge in [0.25, 0.3) is 0 Å². The Morgan fingerprint density at radius 2 is 2.07 bits per heavy atom. The van der Waals surface area contributed by atoms with E-state index in [1.54, 1.807) is 0 Å². The third-order valence-electron chi connectivity index (χ3n) is 2.27. The van der Waals surface area contributed by atoms with Crippen LogP contribution >= 0.6 is 0 Å². The number of carbonyl (C=O) groups is 1. The molecular weight excluding hydrogens is 190 g/mol. The number of rotatable bonds is 8. The first-order chi connectivity index (χ1) is 6.97.